The molecule has 0 bridgehead atoms. The van der Waals surface area contributed by atoms with E-state index in [9.17, 15) is 14.9 Å². The van der Waals surface area contributed by atoms with Gasteiger partial charge in [0.05, 0.1) is 13.7 Å². The SMILES string of the molecule is COCCNC(=O)/C(C#N)=C/c1ccc(OC(=O)COc2cc(C)c(Br)cc2C(C)C)c(OC)c1. The minimum absolute atomic E-state index is 0.0768. The van der Waals surface area contributed by atoms with Crippen molar-refractivity contribution in [1.29, 1.82) is 5.26 Å². The van der Waals surface area contributed by atoms with Crippen molar-refractivity contribution in [2.45, 2.75) is 26.7 Å². The molecular weight excluding hydrogens is 516 g/mol. The first-order chi connectivity index (χ1) is 16.7. The second kappa shape index (κ2) is 13.5. The molecule has 186 valence electrons. The van der Waals surface area contributed by atoms with Gasteiger partial charge in [0.25, 0.3) is 5.91 Å². The van der Waals surface area contributed by atoms with Gasteiger partial charge in [-0.3, -0.25) is 4.79 Å². The van der Waals surface area contributed by atoms with Crippen LogP contribution in [0.2, 0.25) is 0 Å². The van der Waals surface area contributed by atoms with Gasteiger partial charge in [-0.2, -0.15) is 5.26 Å². The number of methoxy groups -OCH3 is 2. The normalized spacial score (nSPS) is 11.1. The Bertz CT molecular complexity index is 1140. The Morgan fingerprint density at radius 1 is 1.14 bits per heavy atom. The van der Waals surface area contributed by atoms with Crippen LogP contribution in [0, 0.1) is 18.3 Å². The van der Waals surface area contributed by atoms with Crippen LogP contribution in [0.25, 0.3) is 6.08 Å². The summed E-state index contributed by atoms with van der Waals surface area (Å²) in [5.41, 5.74) is 2.42. The minimum atomic E-state index is -0.600. The number of benzene rings is 2. The van der Waals surface area contributed by atoms with Crippen molar-refractivity contribution < 1.29 is 28.5 Å². The van der Waals surface area contributed by atoms with Crippen LogP contribution in [0.1, 0.15) is 36.5 Å². The van der Waals surface area contributed by atoms with Crippen molar-refractivity contribution in [3.8, 4) is 23.3 Å². The van der Waals surface area contributed by atoms with E-state index in [4.69, 9.17) is 18.9 Å². The van der Waals surface area contributed by atoms with Crippen molar-refractivity contribution in [1.82, 2.24) is 5.32 Å². The summed E-state index contributed by atoms with van der Waals surface area (Å²) in [6.07, 6.45) is 1.42. The summed E-state index contributed by atoms with van der Waals surface area (Å²) >= 11 is 3.53. The fourth-order valence-corrected chi connectivity index (χ4v) is 3.43. The van der Waals surface area contributed by atoms with Gasteiger partial charge in [-0.05, 0) is 59.9 Å². The summed E-state index contributed by atoms with van der Waals surface area (Å²) in [4.78, 5) is 24.6. The van der Waals surface area contributed by atoms with E-state index in [2.05, 4.69) is 21.2 Å². The Morgan fingerprint density at radius 2 is 1.89 bits per heavy atom. The molecule has 2 aromatic rings. The van der Waals surface area contributed by atoms with Crippen molar-refractivity contribution in [2.75, 3.05) is 34.0 Å². The van der Waals surface area contributed by atoms with E-state index in [-0.39, 0.29) is 36.1 Å². The van der Waals surface area contributed by atoms with Crippen LogP contribution < -0.4 is 19.5 Å². The number of carbonyl (C=O) groups is 2. The first kappa shape index (κ1) is 27.9. The van der Waals surface area contributed by atoms with Crippen LogP contribution in [-0.2, 0) is 14.3 Å². The zero-order valence-electron chi connectivity index (χ0n) is 20.4. The predicted molar refractivity (Wildman–Crippen MR) is 136 cm³/mol. The van der Waals surface area contributed by atoms with Crippen LogP contribution in [0.5, 0.6) is 17.2 Å². The first-order valence-corrected chi connectivity index (χ1v) is 11.7. The highest BCUT2D eigenvalue weighted by atomic mass is 79.9. The number of nitrogens with zero attached hydrogens (tertiary/aromatic N) is 1. The number of ether oxygens (including phenoxy) is 4. The maximum Gasteiger partial charge on any atom is 0.349 e. The molecule has 0 spiro atoms. The molecule has 0 aromatic heterocycles. The highest BCUT2D eigenvalue weighted by Crippen LogP contribution is 2.33. The second-order valence-corrected chi connectivity index (χ2v) is 8.74. The number of aryl methyl sites for hydroxylation is 1. The zero-order chi connectivity index (χ0) is 26.0. The van der Waals surface area contributed by atoms with Gasteiger partial charge in [0.2, 0.25) is 0 Å². The van der Waals surface area contributed by atoms with E-state index >= 15 is 0 Å². The molecule has 0 heterocycles. The molecule has 2 rings (SSSR count). The summed E-state index contributed by atoms with van der Waals surface area (Å²) in [5.74, 6) is 0.179. The highest BCUT2D eigenvalue weighted by molar-refractivity contribution is 9.10. The molecule has 0 saturated carbocycles. The van der Waals surface area contributed by atoms with Crippen molar-refractivity contribution in [3.63, 3.8) is 0 Å². The average molecular weight is 545 g/mol. The second-order valence-electron chi connectivity index (χ2n) is 7.89. The largest absolute Gasteiger partial charge is 0.493 e. The Morgan fingerprint density at radius 3 is 2.51 bits per heavy atom. The Labute approximate surface area is 213 Å². The maximum atomic E-state index is 12.5. The third-order valence-corrected chi connectivity index (χ3v) is 5.79. The van der Waals surface area contributed by atoms with Crippen molar-refractivity contribution >= 4 is 33.9 Å². The van der Waals surface area contributed by atoms with Crippen LogP contribution in [-0.4, -0.2) is 45.9 Å². The minimum Gasteiger partial charge on any atom is -0.493 e. The number of halogens is 1. The monoisotopic (exact) mass is 544 g/mol. The number of hydrogen-bond acceptors (Lipinski definition) is 7. The van der Waals surface area contributed by atoms with E-state index in [1.807, 2.05) is 39.0 Å². The molecule has 35 heavy (non-hydrogen) atoms. The molecular formula is C26H29BrN2O6. The van der Waals surface area contributed by atoms with Crippen LogP contribution >= 0.6 is 15.9 Å². The lowest BCUT2D eigenvalue weighted by molar-refractivity contribution is -0.136. The number of rotatable bonds is 11. The molecule has 0 atom stereocenters. The van der Waals surface area contributed by atoms with E-state index in [1.54, 1.807) is 12.1 Å². The molecule has 1 N–H and O–H groups in total. The van der Waals surface area contributed by atoms with Crippen LogP contribution in [0.15, 0.2) is 40.4 Å². The number of carbonyl (C=O) groups excluding carboxylic acids is 2. The van der Waals surface area contributed by atoms with E-state index in [0.717, 1.165) is 15.6 Å². The smallest absolute Gasteiger partial charge is 0.349 e. The summed E-state index contributed by atoms with van der Waals surface area (Å²) in [5, 5.41) is 11.9. The molecule has 0 unspecified atom stereocenters. The molecule has 0 aliphatic rings. The van der Waals surface area contributed by atoms with E-state index in [0.29, 0.717) is 17.9 Å². The maximum absolute atomic E-state index is 12.5. The van der Waals surface area contributed by atoms with Crippen molar-refractivity contribution in [2.24, 2.45) is 0 Å². The third-order valence-electron chi connectivity index (χ3n) is 4.94. The van der Waals surface area contributed by atoms with Gasteiger partial charge in [0.1, 0.15) is 17.4 Å². The predicted octanol–water partition coefficient (Wildman–Crippen LogP) is 4.54. The van der Waals surface area contributed by atoms with Gasteiger partial charge in [0.15, 0.2) is 18.1 Å². The lowest BCUT2D eigenvalue weighted by atomic mass is 10.0. The van der Waals surface area contributed by atoms with Crippen molar-refractivity contribution in [3.05, 3.63) is 57.1 Å². The summed E-state index contributed by atoms with van der Waals surface area (Å²) in [6, 6.07) is 10.5. The molecule has 2 aromatic carbocycles. The van der Waals surface area contributed by atoms with Gasteiger partial charge < -0.3 is 24.3 Å². The van der Waals surface area contributed by atoms with E-state index < -0.39 is 11.9 Å². The Kier molecular flexibility index (Phi) is 10.8. The summed E-state index contributed by atoms with van der Waals surface area (Å²) in [6.45, 7) is 6.37. The fraction of sp³-hybridized carbons (Fsp3) is 0.346. The zero-order valence-corrected chi connectivity index (χ0v) is 22.0. The molecule has 9 heteroatoms. The lowest BCUT2D eigenvalue weighted by Gasteiger charge is -2.16. The van der Waals surface area contributed by atoms with Gasteiger partial charge >= 0.3 is 5.97 Å². The molecule has 0 aliphatic carbocycles. The van der Waals surface area contributed by atoms with E-state index in [1.165, 1.54) is 26.4 Å². The van der Waals surface area contributed by atoms with Gasteiger partial charge in [-0.1, -0.05) is 35.8 Å². The molecule has 0 fully saturated rings. The van der Waals surface area contributed by atoms with Gasteiger partial charge in [-0.15, -0.1) is 0 Å². The Balaban J connectivity index is 2.12. The summed E-state index contributed by atoms with van der Waals surface area (Å²) < 4.78 is 22.4. The quantitative estimate of drug-likeness (QED) is 0.145. The number of esters is 1. The number of nitriles is 1. The van der Waals surface area contributed by atoms with Crippen LogP contribution in [0.3, 0.4) is 0 Å². The average Bonchev–Trinajstić information content (AvgIpc) is 2.83. The number of hydrogen-bond donors (Lipinski definition) is 1. The third kappa shape index (κ3) is 8.12. The van der Waals surface area contributed by atoms with Crippen LogP contribution in [0.4, 0.5) is 0 Å². The molecule has 8 nitrogen and oxygen atoms in total. The lowest BCUT2D eigenvalue weighted by Crippen LogP contribution is -2.27. The fourth-order valence-electron chi connectivity index (χ4n) is 3.07. The standard InChI is InChI=1S/C26H29BrN2O6/c1-16(2)20-13-21(27)17(3)10-23(20)34-15-25(30)35-22-7-6-18(12-24(22)33-5)11-19(14-28)26(31)29-8-9-32-4/h6-7,10-13,16H,8-9,15H2,1-5H3,(H,29,31)/b19-11+. The highest BCUT2D eigenvalue weighted by Gasteiger charge is 2.16. The molecule has 0 saturated heterocycles. The first-order valence-electron chi connectivity index (χ1n) is 10.9. The topological polar surface area (TPSA) is 107 Å². The number of nitrogens with one attached hydrogen (secondary N) is 1. The molecule has 0 aliphatic heterocycles. The van der Waals surface area contributed by atoms with Gasteiger partial charge in [-0.25, -0.2) is 4.79 Å². The summed E-state index contributed by atoms with van der Waals surface area (Å²) in [7, 11) is 2.95. The Hall–Kier alpha value is -3.35. The number of amides is 1. The molecule has 0 radical (unpaired) electrons. The van der Waals surface area contributed by atoms with Gasteiger partial charge in [0, 0.05) is 18.1 Å². The molecule has 1 amide bonds.